The predicted molar refractivity (Wildman–Crippen MR) is 64.8 cm³/mol. The maximum absolute atomic E-state index is 12.1. The third-order valence-corrected chi connectivity index (χ3v) is 6.06. The zero-order valence-electron chi connectivity index (χ0n) is 10.4. The Labute approximate surface area is 98.7 Å². The quantitative estimate of drug-likeness (QED) is 0.738. The molecular formula is C11H22N2O2S. The monoisotopic (exact) mass is 246 g/mol. The van der Waals surface area contributed by atoms with Gasteiger partial charge in [0, 0.05) is 25.7 Å². The fraction of sp³-hybridized carbons (Fsp3) is 1.00. The van der Waals surface area contributed by atoms with E-state index in [2.05, 4.69) is 11.8 Å². The van der Waals surface area contributed by atoms with Crippen LogP contribution in [0.4, 0.5) is 0 Å². The minimum Gasteiger partial charge on any atom is -0.299 e. The highest BCUT2D eigenvalue weighted by atomic mass is 32.2. The van der Waals surface area contributed by atoms with Gasteiger partial charge in [0.2, 0.25) is 10.0 Å². The number of sulfonamides is 1. The number of likely N-dealkylation sites (N-methyl/N-ethyl adjacent to an activating group) is 1. The number of fused-ring (bicyclic) bond motifs is 2. The molecule has 2 unspecified atom stereocenters. The van der Waals surface area contributed by atoms with Gasteiger partial charge in [-0.05, 0) is 32.7 Å². The first-order valence-corrected chi connectivity index (χ1v) is 7.68. The Kier molecular flexibility index (Phi) is 3.29. The summed E-state index contributed by atoms with van der Waals surface area (Å²) in [6.07, 6.45) is 1.18. The van der Waals surface area contributed by atoms with Crippen LogP contribution in [0.5, 0.6) is 0 Å². The molecule has 2 heterocycles. The zero-order valence-corrected chi connectivity index (χ0v) is 11.2. The summed E-state index contributed by atoms with van der Waals surface area (Å²) >= 11 is 0. The lowest BCUT2D eigenvalue weighted by Gasteiger charge is -2.33. The van der Waals surface area contributed by atoms with E-state index >= 15 is 0 Å². The molecule has 5 heteroatoms. The van der Waals surface area contributed by atoms with Gasteiger partial charge >= 0.3 is 0 Å². The van der Waals surface area contributed by atoms with Crippen LogP contribution in [0.1, 0.15) is 27.2 Å². The standard InChI is InChI=1S/C11H22N2O2S/c1-4-12-6-10-5-11(12)8-13(7-10)16(14,15)9(2)3/h9-11H,4-8H2,1-3H3. The molecule has 0 aliphatic carbocycles. The summed E-state index contributed by atoms with van der Waals surface area (Å²) in [5.41, 5.74) is 0. The molecule has 0 spiro atoms. The molecule has 4 nitrogen and oxygen atoms in total. The summed E-state index contributed by atoms with van der Waals surface area (Å²) in [4.78, 5) is 2.42. The van der Waals surface area contributed by atoms with Crippen LogP contribution in [0.2, 0.25) is 0 Å². The van der Waals surface area contributed by atoms with Gasteiger partial charge in [0.05, 0.1) is 5.25 Å². The zero-order chi connectivity index (χ0) is 11.9. The molecule has 0 N–H and O–H groups in total. The van der Waals surface area contributed by atoms with Gasteiger partial charge in [-0.15, -0.1) is 0 Å². The summed E-state index contributed by atoms with van der Waals surface area (Å²) in [6, 6.07) is 0.456. The number of hydrogen-bond donors (Lipinski definition) is 0. The number of nitrogens with zero attached hydrogens (tertiary/aromatic N) is 2. The van der Waals surface area contributed by atoms with Crippen molar-refractivity contribution in [2.45, 2.75) is 38.5 Å². The molecule has 2 fully saturated rings. The van der Waals surface area contributed by atoms with Crippen LogP contribution < -0.4 is 0 Å². The molecule has 0 aromatic heterocycles. The molecule has 2 atom stereocenters. The van der Waals surface area contributed by atoms with E-state index in [1.165, 1.54) is 6.42 Å². The Bertz CT molecular complexity index is 353. The number of likely N-dealkylation sites (tertiary alicyclic amines) is 1. The minimum absolute atomic E-state index is 0.292. The van der Waals surface area contributed by atoms with Crippen LogP contribution in [0, 0.1) is 5.92 Å². The molecule has 94 valence electrons. The molecule has 2 aliphatic rings. The second kappa shape index (κ2) is 4.27. The highest BCUT2D eigenvalue weighted by molar-refractivity contribution is 7.89. The van der Waals surface area contributed by atoms with E-state index < -0.39 is 10.0 Å². The van der Waals surface area contributed by atoms with Gasteiger partial charge in [0.15, 0.2) is 0 Å². The Morgan fingerprint density at radius 2 is 1.94 bits per heavy atom. The molecule has 0 aromatic carbocycles. The number of piperidine rings is 1. The SMILES string of the molecule is CCN1CC2CC1CN(S(=O)(=O)C(C)C)C2. The molecule has 2 saturated heterocycles. The van der Waals surface area contributed by atoms with Crippen molar-refractivity contribution in [2.75, 3.05) is 26.2 Å². The van der Waals surface area contributed by atoms with Crippen molar-refractivity contribution in [3.8, 4) is 0 Å². The average Bonchev–Trinajstić information content (AvgIpc) is 2.52. The van der Waals surface area contributed by atoms with Crippen molar-refractivity contribution in [1.29, 1.82) is 0 Å². The molecule has 0 amide bonds. The van der Waals surface area contributed by atoms with E-state index in [1.54, 1.807) is 18.2 Å². The normalized spacial score (nSPS) is 32.5. The number of rotatable bonds is 3. The van der Waals surface area contributed by atoms with E-state index in [-0.39, 0.29) is 5.25 Å². The van der Waals surface area contributed by atoms with Gasteiger partial charge in [-0.25, -0.2) is 8.42 Å². The van der Waals surface area contributed by atoms with Gasteiger partial charge in [0.1, 0.15) is 0 Å². The average molecular weight is 246 g/mol. The molecule has 2 rings (SSSR count). The fourth-order valence-electron chi connectivity index (χ4n) is 2.90. The molecule has 0 aromatic rings. The molecule has 2 aliphatic heterocycles. The van der Waals surface area contributed by atoms with E-state index in [0.717, 1.165) is 19.6 Å². The van der Waals surface area contributed by atoms with Gasteiger partial charge in [-0.3, -0.25) is 4.90 Å². The van der Waals surface area contributed by atoms with Crippen molar-refractivity contribution in [3.63, 3.8) is 0 Å². The molecular weight excluding hydrogens is 224 g/mol. The predicted octanol–water partition coefficient (Wildman–Crippen LogP) is 0.751. The lowest BCUT2D eigenvalue weighted by Crippen LogP contribution is -2.47. The van der Waals surface area contributed by atoms with Crippen LogP contribution in [0.15, 0.2) is 0 Å². The van der Waals surface area contributed by atoms with Crippen molar-refractivity contribution in [2.24, 2.45) is 5.92 Å². The maximum Gasteiger partial charge on any atom is 0.216 e. The minimum atomic E-state index is -3.05. The Morgan fingerprint density at radius 3 is 2.50 bits per heavy atom. The van der Waals surface area contributed by atoms with Crippen molar-refractivity contribution in [3.05, 3.63) is 0 Å². The maximum atomic E-state index is 12.1. The summed E-state index contributed by atoms with van der Waals surface area (Å²) in [5, 5.41) is -0.292. The van der Waals surface area contributed by atoms with Crippen LogP contribution in [0.3, 0.4) is 0 Å². The Hall–Kier alpha value is -0.130. The van der Waals surface area contributed by atoms with Crippen molar-refractivity contribution < 1.29 is 8.42 Å². The topological polar surface area (TPSA) is 40.6 Å². The van der Waals surface area contributed by atoms with Crippen LogP contribution in [0.25, 0.3) is 0 Å². The molecule has 0 radical (unpaired) electrons. The Morgan fingerprint density at radius 1 is 1.25 bits per heavy atom. The van der Waals surface area contributed by atoms with Gasteiger partial charge in [-0.1, -0.05) is 6.92 Å². The highest BCUT2D eigenvalue weighted by Gasteiger charge is 2.42. The smallest absolute Gasteiger partial charge is 0.216 e. The van der Waals surface area contributed by atoms with Gasteiger partial charge < -0.3 is 0 Å². The second-order valence-corrected chi connectivity index (χ2v) is 7.74. The molecule has 0 saturated carbocycles. The van der Waals surface area contributed by atoms with Gasteiger partial charge in [-0.2, -0.15) is 4.31 Å². The van der Waals surface area contributed by atoms with E-state index in [9.17, 15) is 8.42 Å². The largest absolute Gasteiger partial charge is 0.299 e. The van der Waals surface area contributed by atoms with Crippen molar-refractivity contribution >= 4 is 10.0 Å². The lowest BCUT2D eigenvalue weighted by atomic mass is 10.0. The van der Waals surface area contributed by atoms with E-state index in [0.29, 0.717) is 18.5 Å². The first kappa shape index (κ1) is 12.3. The Balaban J connectivity index is 2.13. The first-order chi connectivity index (χ1) is 7.45. The third-order valence-electron chi connectivity index (χ3n) is 3.85. The van der Waals surface area contributed by atoms with E-state index in [4.69, 9.17) is 0 Å². The van der Waals surface area contributed by atoms with Crippen LogP contribution >= 0.6 is 0 Å². The molecule has 16 heavy (non-hydrogen) atoms. The number of hydrogen-bond acceptors (Lipinski definition) is 3. The van der Waals surface area contributed by atoms with Crippen LogP contribution in [-0.2, 0) is 10.0 Å². The fourth-order valence-corrected chi connectivity index (χ4v) is 4.30. The van der Waals surface area contributed by atoms with Gasteiger partial charge in [0.25, 0.3) is 0 Å². The second-order valence-electron chi connectivity index (χ2n) is 5.25. The highest BCUT2D eigenvalue weighted by Crippen LogP contribution is 2.31. The first-order valence-electron chi connectivity index (χ1n) is 6.18. The summed E-state index contributed by atoms with van der Waals surface area (Å²) in [5.74, 6) is 0.548. The summed E-state index contributed by atoms with van der Waals surface area (Å²) < 4.78 is 25.9. The molecule has 2 bridgehead atoms. The van der Waals surface area contributed by atoms with E-state index in [1.807, 2.05) is 0 Å². The van der Waals surface area contributed by atoms with Crippen LogP contribution in [-0.4, -0.2) is 55.1 Å². The third kappa shape index (κ3) is 2.00. The van der Waals surface area contributed by atoms with Crippen molar-refractivity contribution in [1.82, 2.24) is 9.21 Å². The summed E-state index contributed by atoms with van der Waals surface area (Å²) in [6.45, 7) is 9.23. The lowest BCUT2D eigenvalue weighted by molar-refractivity contribution is 0.229. The summed E-state index contributed by atoms with van der Waals surface area (Å²) in [7, 11) is -3.05.